The summed E-state index contributed by atoms with van der Waals surface area (Å²) in [6.45, 7) is 4.00. The molecule has 4 rings (SSSR count). The lowest BCUT2D eigenvalue weighted by molar-refractivity contribution is -0.121. The highest BCUT2D eigenvalue weighted by atomic mass is 16.5. The number of nitrogens with zero attached hydrogens (tertiary/aromatic N) is 2. The van der Waals surface area contributed by atoms with Crippen molar-refractivity contribution >= 4 is 11.6 Å². The fraction of sp³-hybridized carbons (Fsp3) is 0.500. The number of fused-ring (bicyclic) bond motifs is 1. The van der Waals surface area contributed by atoms with E-state index >= 15 is 0 Å². The monoisotopic (exact) mass is 421 g/mol. The summed E-state index contributed by atoms with van der Waals surface area (Å²) in [7, 11) is 3.83. The van der Waals surface area contributed by atoms with Gasteiger partial charge in [0.15, 0.2) is 0 Å². The Morgan fingerprint density at radius 1 is 1.06 bits per heavy atom. The van der Waals surface area contributed by atoms with E-state index in [1.165, 1.54) is 36.1 Å². The number of hydrogen-bond donors (Lipinski definition) is 1. The topological polar surface area (TPSA) is 44.8 Å². The number of hydrogen-bond acceptors (Lipinski definition) is 4. The Morgan fingerprint density at radius 3 is 2.58 bits per heavy atom. The Kier molecular flexibility index (Phi) is 7.13. The van der Waals surface area contributed by atoms with Crippen molar-refractivity contribution in [1.29, 1.82) is 0 Å². The fourth-order valence-corrected chi connectivity index (χ4v) is 4.83. The molecule has 0 aromatic heterocycles. The molecule has 2 aliphatic rings. The molecule has 0 bridgehead atoms. The fourth-order valence-electron chi connectivity index (χ4n) is 4.83. The zero-order valence-corrected chi connectivity index (χ0v) is 18.9. The smallest absolute Gasteiger partial charge is 0.220 e. The zero-order valence-electron chi connectivity index (χ0n) is 18.9. The van der Waals surface area contributed by atoms with E-state index in [0.717, 1.165) is 43.8 Å². The van der Waals surface area contributed by atoms with Crippen LogP contribution in [0.1, 0.15) is 48.4 Å². The minimum atomic E-state index is 0.124. The van der Waals surface area contributed by atoms with Crippen molar-refractivity contribution in [3.8, 4) is 5.75 Å². The molecule has 2 aliphatic heterocycles. The van der Waals surface area contributed by atoms with Crippen LogP contribution in [0.5, 0.6) is 5.75 Å². The lowest BCUT2D eigenvalue weighted by Gasteiger charge is -2.35. The molecule has 5 nitrogen and oxygen atoms in total. The van der Waals surface area contributed by atoms with E-state index in [2.05, 4.69) is 40.4 Å². The van der Waals surface area contributed by atoms with Crippen LogP contribution >= 0.6 is 0 Å². The maximum absolute atomic E-state index is 12.6. The van der Waals surface area contributed by atoms with Gasteiger partial charge in [-0.3, -0.25) is 9.69 Å². The third kappa shape index (κ3) is 5.40. The van der Waals surface area contributed by atoms with Crippen LogP contribution in [-0.2, 0) is 17.6 Å². The molecule has 1 atom stereocenters. The summed E-state index contributed by atoms with van der Waals surface area (Å²) < 4.78 is 5.21. The number of likely N-dealkylation sites (N-methyl/N-ethyl adjacent to an activating group) is 1. The maximum atomic E-state index is 12.6. The van der Waals surface area contributed by atoms with E-state index in [1.807, 2.05) is 24.3 Å². The summed E-state index contributed by atoms with van der Waals surface area (Å²) in [5.74, 6) is 0.969. The number of amides is 1. The van der Waals surface area contributed by atoms with Gasteiger partial charge in [0.1, 0.15) is 5.75 Å². The predicted octanol–water partition coefficient (Wildman–Crippen LogP) is 3.96. The molecule has 5 heteroatoms. The summed E-state index contributed by atoms with van der Waals surface area (Å²) >= 11 is 0. The second kappa shape index (κ2) is 10.2. The van der Waals surface area contributed by atoms with Crippen molar-refractivity contribution in [3.05, 3.63) is 59.2 Å². The van der Waals surface area contributed by atoms with Gasteiger partial charge in [-0.2, -0.15) is 0 Å². The molecule has 1 N–H and O–H groups in total. The molecule has 166 valence electrons. The highest BCUT2D eigenvalue weighted by Crippen LogP contribution is 2.32. The van der Waals surface area contributed by atoms with Gasteiger partial charge >= 0.3 is 0 Å². The van der Waals surface area contributed by atoms with Crippen molar-refractivity contribution in [2.24, 2.45) is 0 Å². The van der Waals surface area contributed by atoms with Crippen molar-refractivity contribution in [1.82, 2.24) is 10.2 Å². The quantitative estimate of drug-likeness (QED) is 0.701. The number of nitrogens with one attached hydrogen (secondary N) is 1. The Hall–Kier alpha value is -2.53. The SMILES string of the molecule is COc1ccc(CCC(=O)NCC(c2ccc3c(c2)CCN3C)N2CCCCC2)cc1. The maximum Gasteiger partial charge on any atom is 0.220 e. The molecule has 1 saturated heterocycles. The van der Waals surface area contributed by atoms with Gasteiger partial charge < -0.3 is 15.0 Å². The first kappa shape index (κ1) is 21.7. The molecule has 0 spiro atoms. The van der Waals surface area contributed by atoms with E-state index in [9.17, 15) is 4.79 Å². The van der Waals surface area contributed by atoms with Crippen LogP contribution in [-0.4, -0.2) is 51.1 Å². The zero-order chi connectivity index (χ0) is 21.6. The number of likely N-dealkylation sites (tertiary alicyclic amines) is 1. The first-order valence-corrected chi connectivity index (χ1v) is 11.6. The molecule has 2 heterocycles. The minimum absolute atomic E-state index is 0.124. The normalized spacial score (nSPS) is 17.3. The molecule has 1 fully saturated rings. The number of rotatable bonds is 8. The molecule has 0 saturated carbocycles. The minimum Gasteiger partial charge on any atom is -0.497 e. The predicted molar refractivity (Wildman–Crippen MR) is 126 cm³/mol. The van der Waals surface area contributed by atoms with E-state index in [-0.39, 0.29) is 11.9 Å². The van der Waals surface area contributed by atoms with E-state index in [0.29, 0.717) is 13.0 Å². The number of methoxy groups -OCH3 is 1. The molecule has 1 amide bonds. The number of piperidine rings is 1. The summed E-state index contributed by atoms with van der Waals surface area (Å²) in [5, 5.41) is 3.23. The Morgan fingerprint density at radius 2 is 1.84 bits per heavy atom. The molecule has 0 aliphatic carbocycles. The third-order valence-electron chi connectivity index (χ3n) is 6.74. The summed E-state index contributed by atoms with van der Waals surface area (Å²) in [6.07, 6.45) is 6.17. The highest BCUT2D eigenvalue weighted by molar-refractivity contribution is 5.76. The van der Waals surface area contributed by atoms with Gasteiger partial charge in [0.25, 0.3) is 0 Å². The average molecular weight is 422 g/mol. The number of carbonyl (C=O) groups is 1. The Bertz CT molecular complexity index is 875. The lowest BCUT2D eigenvalue weighted by Crippen LogP contribution is -2.40. The molecule has 2 aromatic rings. The van der Waals surface area contributed by atoms with Gasteiger partial charge in [0, 0.05) is 32.2 Å². The van der Waals surface area contributed by atoms with E-state index < -0.39 is 0 Å². The van der Waals surface area contributed by atoms with Gasteiger partial charge in [-0.1, -0.05) is 30.7 Å². The van der Waals surface area contributed by atoms with Gasteiger partial charge in [0.05, 0.1) is 13.2 Å². The van der Waals surface area contributed by atoms with Gasteiger partial charge in [-0.15, -0.1) is 0 Å². The van der Waals surface area contributed by atoms with Crippen LogP contribution in [0, 0.1) is 0 Å². The first-order chi connectivity index (χ1) is 15.1. The van der Waals surface area contributed by atoms with Gasteiger partial charge in [-0.25, -0.2) is 0 Å². The van der Waals surface area contributed by atoms with Crippen molar-refractivity contribution in [2.45, 2.75) is 44.6 Å². The molecule has 2 aromatic carbocycles. The summed E-state index contributed by atoms with van der Waals surface area (Å²) in [6, 6.07) is 15.1. The van der Waals surface area contributed by atoms with Gasteiger partial charge in [0.2, 0.25) is 5.91 Å². The van der Waals surface area contributed by atoms with E-state index in [1.54, 1.807) is 7.11 Å². The van der Waals surface area contributed by atoms with E-state index in [4.69, 9.17) is 4.74 Å². The lowest BCUT2D eigenvalue weighted by atomic mass is 9.98. The highest BCUT2D eigenvalue weighted by Gasteiger charge is 2.25. The molecular weight excluding hydrogens is 386 g/mol. The molecule has 31 heavy (non-hydrogen) atoms. The summed E-state index contributed by atoms with van der Waals surface area (Å²) in [4.78, 5) is 17.5. The third-order valence-corrected chi connectivity index (χ3v) is 6.74. The van der Waals surface area contributed by atoms with Crippen molar-refractivity contribution in [2.75, 3.05) is 45.2 Å². The van der Waals surface area contributed by atoms with Crippen LogP contribution in [0.2, 0.25) is 0 Å². The first-order valence-electron chi connectivity index (χ1n) is 11.6. The number of aryl methyl sites for hydroxylation is 1. The van der Waals surface area contributed by atoms with Crippen LogP contribution in [0.3, 0.4) is 0 Å². The second-order valence-corrected chi connectivity index (χ2v) is 8.82. The average Bonchev–Trinajstić information content (AvgIpc) is 3.19. The van der Waals surface area contributed by atoms with Gasteiger partial charge in [-0.05, 0) is 73.7 Å². The Balaban J connectivity index is 1.38. The van der Waals surface area contributed by atoms with Crippen LogP contribution in [0.4, 0.5) is 5.69 Å². The van der Waals surface area contributed by atoms with Crippen LogP contribution in [0.15, 0.2) is 42.5 Å². The molecule has 1 unspecified atom stereocenters. The second-order valence-electron chi connectivity index (χ2n) is 8.82. The van der Waals surface area contributed by atoms with Crippen molar-refractivity contribution in [3.63, 3.8) is 0 Å². The standard InChI is InChI=1S/C26H35N3O2/c1-28-17-14-22-18-21(9-12-24(22)28)25(29-15-4-3-5-16-29)19-27-26(30)13-8-20-6-10-23(31-2)11-7-20/h6-7,9-12,18,25H,3-5,8,13-17,19H2,1-2H3,(H,27,30). The molecule has 0 radical (unpaired) electrons. The Labute approximate surface area is 186 Å². The molecular formula is C26H35N3O2. The number of anilines is 1. The largest absolute Gasteiger partial charge is 0.497 e. The van der Waals surface area contributed by atoms with Crippen molar-refractivity contribution < 1.29 is 9.53 Å². The van der Waals surface area contributed by atoms with Crippen LogP contribution in [0.25, 0.3) is 0 Å². The summed E-state index contributed by atoms with van der Waals surface area (Å²) in [5.41, 5.74) is 5.29. The number of ether oxygens (including phenoxy) is 1. The number of carbonyl (C=O) groups excluding carboxylic acids is 1. The number of benzene rings is 2. The van der Waals surface area contributed by atoms with Crippen LogP contribution < -0.4 is 15.0 Å².